The van der Waals surface area contributed by atoms with Gasteiger partial charge in [0, 0.05) is 31.9 Å². The number of nitrogens with one attached hydrogen (secondary N) is 1. The molecule has 32 heavy (non-hydrogen) atoms. The zero-order chi connectivity index (χ0) is 23.1. The van der Waals surface area contributed by atoms with Gasteiger partial charge in [-0.05, 0) is 72.4 Å². The highest BCUT2D eigenvalue weighted by atomic mass is 19.3. The molecule has 0 radical (unpaired) electrons. The second kappa shape index (κ2) is 9.03. The molecule has 1 amide bonds. The third-order valence-electron chi connectivity index (χ3n) is 8.53. The minimum absolute atomic E-state index is 0.101. The first kappa shape index (κ1) is 23.6. The van der Waals surface area contributed by atoms with Gasteiger partial charge in [0.15, 0.2) is 0 Å². The van der Waals surface area contributed by atoms with Crippen LogP contribution in [0.1, 0.15) is 62.5 Å². The zero-order valence-electron chi connectivity index (χ0n) is 18.9. The molecular formula is C24H34BF2NO4. The summed E-state index contributed by atoms with van der Waals surface area (Å²) in [4.78, 5) is 12.2. The number of methoxy groups -OCH3 is 1. The van der Waals surface area contributed by atoms with Gasteiger partial charge in [0.1, 0.15) is 0 Å². The number of benzene rings is 1. The molecule has 4 rings (SSSR count). The van der Waals surface area contributed by atoms with Crippen LogP contribution < -0.4 is 10.8 Å². The molecule has 2 fully saturated rings. The van der Waals surface area contributed by atoms with E-state index in [4.69, 9.17) is 4.74 Å². The molecular weight excluding hydrogens is 415 g/mol. The van der Waals surface area contributed by atoms with Crippen molar-refractivity contribution in [2.45, 2.75) is 63.7 Å². The van der Waals surface area contributed by atoms with E-state index in [9.17, 15) is 14.8 Å². The van der Waals surface area contributed by atoms with Crippen LogP contribution in [0.25, 0.3) is 0 Å². The number of carbonyl (C=O) groups excluding carboxylic acids is 1. The Labute approximate surface area is 189 Å². The van der Waals surface area contributed by atoms with Gasteiger partial charge in [-0.15, -0.1) is 0 Å². The predicted octanol–water partition coefficient (Wildman–Crippen LogP) is 2.63. The monoisotopic (exact) mass is 449 g/mol. The SMILES string of the molecule is COCCNC(=O)CC[C@@H]1CC(F)(F)[C@@]2(C)CCC3c4ccc(B(O)O)cc4CCC3C12. The second-order valence-electron chi connectivity index (χ2n) is 10.2. The molecule has 1 aromatic carbocycles. The average Bonchev–Trinajstić information content (AvgIpc) is 2.97. The number of rotatable bonds is 7. The predicted molar refractivity (Wildman–Crippen MR) is 119 cm³/mol. The van der Waals surface area contributed by atoms with E-state index in [1.54, 1.807) is 20.1 Å². The van der Waals surface area contributed by atoms with Crippen LogP contribution in [0.4, 0.5) is 8.78 Å². The first-order valence-corrected chi connectivity index (χ1v) is 11.8. The van der Waals surface area contributed by atoms with Crippen LogP contribution in [0.3, 0.4) is 0 Å². The van der Waals surface area contributed by atoms with Crippen LogP contribution in [0.15, 0.2) is 18.2 Å². The Bertz CT molecular complexity index is 851. The van der Waals surface area contributed by atoms with Crippen LogP contribution >= 0.6 is 0 Å². The Balaban J connectivity index is 1.54. The zero-order valence-corrected chi connectivity index (χ0v) is 18.9. The average molecular weight is 449 g/mol. The number of hydrogen-bond donors (Lipinski definition) is 3. The van der Waals surface area contributed by atoms with Crippen LogP contribution in [0.2, 0.25) is 0 Å². The second-order valence-corrected chi connectivity index (χ2v) is 10.2. The maximum Gasteiger partial charge on any atom is 0.488 e. The van der Waals surface area contributed by atoms with Crippen LogP contribution in [-0.4, -0.2) is 49.3 Å². The minimum atomic E-state index is -2.72. The molecule has 0 bridgehead atoms. The number of carbonyl (C=O) groups is 1. The van der Waals surface area contributed by atoms with Gasteiger partial charge in [-0.2, -0.15) is 0 Å². The van der Waals surface area contributed by atoms with Crippen molar-refractivity contribution in [2.75, 3.05) is 20.3 Å². The van der Waals surface area contributed by atoms with Crippen LogP contribution in [0.5, 0.6) is 0 Å². The molecule has 0 aromatic heterocycles. The van der Waals surface area contributed by atoms with Crippen molar-refractivity contribution in [3.8, 4) is 0 Å². The highest BCUT2D eigenvalue weighted by Crippen LogP contribution is 2.68. The van der Waals surface area contributed by atoms with E-state index < -0.39 is 18.5 Å². The van der Waals surface area contributed by atoms with Crippen molar-refractivity contribution in [3.05, 3.63) is 29.3 Å². The Kier molecular flexibility index (Phi) is 6.67. The number of ether oxygens (including phenoxy) is 1. The number of amides is 1. The summed E-state index contributed by atoms with van der Waals surface area (Å²) >= 11 is 0. The van der Waals surface area contributed by atoms with Crippen molar-refractivity contribution in [1.82, 2.24) is 5.32 Å². The molecule has 3 unspecified atom stereocenters. The summed E-state index contributed by atoms with van der Waals surface area (Å²) in [6.07, 6.45) is 3.42. The molecule has 3 aliphatic carbocycles. The molecule has 5 atom stereocenters. The van der Waals surface area contributed by atoms with Crippen molar-refractivity contribution in [3.63, 3.8) is 0 Å². The molecule has 3 N–H and O–H groups in total. The largest absolute Gasteiger partial charge is 0.488 e. The Morgan fingerprint density at radius 2 is 2.09 bits per heavy atom. The lowest BCUT2D eigenvalue weighted by Gasteiger charge is -2.51. The van der Waals surface area contributed by atoms with Crippen molar-refractivity contribution < 1.29 is 28.4 Å². The van der Waals surface area contributed by atoms with Crippen LogP contribution in [-0.2, 0) is 16.0 Å². The molecule has 0 aliphatic heterocycles. The van der Waals surface area contributed by atoms with E-state index in [2.05, 4.69) is 5.32 Å². The maximum absolute atomic E-state index is 15.3. The molecule has 0 heterocycles. The van der Waals surface area contributed by atoms with Gasteiger partial charge < -0.3 is 20.1 Å². The van der Waals surface area contributed by atoms with Gasteiger partial charge in [-0.1, -0.05) is 25.1 Å². The smallest absolute Gasteiger partial charge is 0.423 e. The number of hydrogen-bond acceptors (Lipinski definition) is 4. The summed E-state index contributed by atoms with van der Waals surface area (Å²) in [6, 6.07) is 5.56. The summed E-state index contributed by atoms with van der Waals surface area (Å²) in [5, 5.41) is 21.8. The van der Waals surface area contributed by atoms with Gasteiger partial charge in [-0.25, -0.2) is 8.78 Å². The third-order valence-corrected chi connectivity index (χ3v) is 8.53. The lowest BCUT2D eigenvalue weighted by Crippen LogP contribution is -2.48. The molecule has 5 nitrogen and oxygen atoms in total. The van der Waals surface area contributed by atoms with Crippen molar-refractivity contribution in [1.29, 1.82) is 0 Å². The maximum atomic E-state index is 15.3. The van der Waals surface area contributed by atoms with Crippen molar-refractivity contribution >= 4 is 18.5 Å². The molecule has 1 aromatic rings. The van der Waals surface area contributed by atoms with Crippen molar-refractivity contribution in [2.24, 2.45) is 23.2 Å². The minimum Gasteiger partial charge on any atom is -0.423 e. The third kappa shape index (κ3) is 4.10. The summed E-state index contributed by atoms with van der Waals surface area (Å²) in [7, 11) is 0.0722. The summed E-state index contributed by atoms with van der Waals surface area (Å²) in [5.41, 5.74) is 1.75. The van der Waals surface area contributed by atoms with E-state index >= 15 is 8.78 Å². The van der Waals surface area contributed by atoms with Gasteiger partial charge in [0.05, 0.1) is 6.61 Å². The normalized spacial score (nSPS) is 32.6. The number of aryl methyl sites for hydroxylation is 1. The highest BCUT2D eigenvalue weighted by Gasteiger charge is 2.67. The summed E-state index contributed by atoms with van der Waals surface area (Å²) in [6.45, 7) is 2.64. The van der Waals surface area contributed by atoms with Gasteiger partial charge in [-0.3, -0.25) is 4.79 Å². The molecule has 0 saturated heterocycles. The van der Waals surface area contributed by atoms with E-state index in [0.29, 0.717) is 31.5 Å². The van der Waals surface area contributed by atoms with E-state index in [1.165, 1.54) is 5.56 Å². The molecule has 3 aliphatic rings. The van der Waals surface area contributed by atoms with Crippen LogP contribution in [0, 0.1) is 23.2 Å². The quantitative estimate of drug-likeness (QED) is 0.442. The molecule has 8 heteroatoms. The van der Waals surface area contributed by atoms with Gasteiger partial charge >= 0.3 is 7.12 Å². The van der Waals surface area contributed by atoms with Gasteiger partial charge in [0.2, 0.25) is 5.91 Å². The highest BCUT2D eigenvalue weighted by molar-refractivity contribution is 6.58. The standard InChI is InChI=1S/C24H34BF2NO4/c1-23-10-9-19-18-7-5-17(25(30)31)13-15(18)3-6-20(19)22(23)16(14-24(23,26)27)4-8-21(29)28-11-12-32-2/h5,7,13,16,19-20,22,30-31H,3-4,6,8-12,14H2,1-2H3,(H,28,29)/t16-,19?,20?,22?,23+/m1/s1. The summed E-state index contributed by atoms with van der Waals surface area (Å²) < 4.78 is 35.6. The molecule has 2 saturated carbocycles. The molecule has 0 spiro atoms. The Morgan fingerprint density at radius 1 is 1.31 bits per heavy atom. The lowest BCUT2D eigenvalue weighted by molar-refractivity contribution is -0.133. The number of fused-ring (bicyclic) bond motifs is 5. The van der Waals surface area contributed by atoms with Gasteiger partial charge in [0.25, 0.3) is 5.92 Å². The lowest BCUT2D eigenvalue weighted by atomic mass is 9.53. The molecule has 176 valence electrons. The fourth-order valence-electron chi connectivity index (χ4n) is 6.98. The van der Waals surface area contributed by atoms with E-state index in [-0.39, 0.29) is 42.4 Å². The topological polar surface area (TPSA) is 78.8 Å². The van der Waals surface area contributed by atoms with E-state index in [0.717, 1.165) is 24.8 Å². The fourth-order valence-corrected chi connectivity index (χ4v) is 6.98. The first-order valence-electron chi connectivity index (χ1n) is 11.8. The first-order chi connectivity index (χ1) is 15.2. The Morgan fingerprint density at radius 3 is 2.81 bits per heavy atom. The Hall–Kier alpha value is -1.51. The fraction of sp³-hybridized carbons (Fsp3) is 0.708. The summed E-state index contributed by atoms with van der Waals surface area (Å²) in [5.74, 6) is -2.72. The number of halogens is 2. The van der Waals surface area contributed by atoms with E-state index in [1.807, 2.05) is 12.1 Å². The number of alkyl halides is 2.